The summed E-state index contributed by atoms with van der Waals surface area (Å²) in [5, 5.41) is 13.0. The molecule has 0 saturated heterocycles. The van der Waals surface area contributed by atoms with Crippen LogP contribution in [0.2, 0.25) is 0 Å². The SMILES string of the molecule is CNC1(CC(=O)[O-])CC1. The van der Waals surface area contributed by atoms with Crippen molar-refractivity contribution in [3.8, 4) is 0 Å². The van der Waals surface area contributed by atoms with Crippen molar-refractivity contribution in [1.82, 2.24) is 5.32 Å². The van der Waals surface area contributed by atoms with Crippen LogP contribution in [0.1, 0.15) is 19.3 Å². The Morgan fingerprint density at radius 3 is 2.44 bits per heavy atom. The maximum Gasteiger partial charge on any atom is 0.0432 e. The second-order valence-corrected chi connectivity index (χ2v) is 2.58. The first-order valence-corrected chi connectivity index (χ1v) is 3.07. The lowest BCUT2D eigenvalue weighted by molar-refractivity contribution is -0.306. The molecule has 0 amide bonds. The van der Waals surface area contributed by atoms with Gasteiger partial charge in [-0.3, -0.25) is 0 Å². The minimum Gasteiger partial charge on any atom is -0.550 e. The molecule has 3 heteroatoms. The molecule has 0 aromatic heterocycles. The summed E-state index contributed by atoms with van der Waals surface area (Å²) in [5.74, 6) is -0.957. The van der Waals surface area contributed by atoms with E-state index in [1.807, 2.05) is 0 Å². The molecule has 0 aliphatic heterocycles. The number of hydrogen-bond acceptors (Lipinski definition) is 3. The van der Waals surface area contributed by atoms with Crippen LogP contribution in [0.25, 0.3) is 0 Å². The Balaban J connectivity index is 2.33. The Morgan fingerprint density at radius 1 is 1.78 bits per heavy atom. The monoisotopic (exact) mass is 128 g/mol. The van der Waals surface area contributed by atoms with Gasteiger partial charge < -0.3 is 15.2 Å². The maximum atomic E-state index is 10.1. The van der Waals surface area contributed by atoms with Crippen LogP contribution in [0.15, 0.2) is 0 Å². The van der Waals surface area contributed by atoms with E-state index >= 15 is 0 Å². The smallest absolute Gasteiger partial charge is 0.0432 e. The highest BCUT2D eigenvalue weighted by Crippen LogP contribution is 2.37. The van der Waals surface area contributed by atoms with Gasteiger partial charge in [-0.25, -0.2) is 0 Å². The Morgan fingerprint density at radius 2 is 2.33 bits per heavy atom. The first kappa shape index (κ1) is 6.55. The average Bonchev–Trinajstić information content (AvgIpc) is 2.48. The van der Waals surface area contributed by atoms with Gasteiger partial charge in [0.25, 0.3) is 0 Å². The fourth-order valence-electron chi connectivity index (χ4n) is 0.942. The van der Waals surface area contributed by atoms with E-state index in [0.29, 0.717) is 0 Å². The molecule has 0 atom stereocenters. The van der Waals surface area contributed by atoms with Gasteiger partial charge in [0.05, 0.1) is 0 Å². The third-order valence-corrected chi connectivity index (χ3v) is 1.87. The fourth-order valence-corrected chi connectivity index (χ4v) is 0.942. The molecule has 0 heterocycles. The van der Waals surface area contributed by atoms with Gasteiger partial charge in [-0.15, -0.1) is 0 Å². The zero-order chi connectivity index (χ0) is 6.91. The van der Waals surface area contributed by atoms with E-state index in [4.69, 9.17) is 0 Å². The molecule has 0 spiro atoms. The van der Waals surface area contributed by atoms with Crippen molar-refractivity contribution in [2.75, 3.05) is 7.05 Å². The van der Waals surface area contributed by atoms with Crippen molar-refractivity contribution in [3.05, 3.63) is 0 Å². The summed E-state index contributed by atoms with van der Waals surface area (Å²) < 4.78 is 0. The van der Waals surface area contributed by atoms with E-state index in [0.717, 1.165) is 12.8 Å². The molecule has 1 saturated carbocycles. The zero-order valence-corrected chi connectivity index (χ0v) is 5.44. The van der Waals surface area contributed by atoms with E-state index in [2.05, 4.69) is 5.32 Å². The first-order valence-electron chi connectivity index (χ1n) is 3.07. The van der Waals surface area contributed by atoms with Gasteiger partial charge in [0.15, 0.2) is 0 Å². The molecule has 1 aliphatic carbocycles. The molecule has 1 N–H and O–H groups in total. The molecule has 1 rings (SSSR count). The van der Waals surface area contributed by atoms with Crippen molar-refractivity contribution >= 4 is 5.97 Å². The van der Waals surface area contributed by atoms with Crippen LogP contribution in [0, 0.1) is 0 Å². The molecule has 1 aliphatic rings. The van der Waals surface area contributed by atoms with Crippen molar-refractivity contribution in [1.29, 1.82) is 0 Å². The fraction of sp³-hybridized carbons (Fsp3) is 0.833. The minimum atomic E-state index is -0.957. The van der Waals surface area contributed by atoms with Crippen LogP contribution in [-0.2, 0) is 4.79 Å². The first-order chi connectivity index (χ1) is 4.18. The van der Waals surface area contributed by atoms with Gasteiger partial charge in [-0.2, -0.15) is 0 Å². The normalized spacial score (nSPS) is 21.4. The van der Waals surface area contributed by atoms with Crippen LogP contribution in [0.3, 0.4) is 0 Å². The van der Waals surface area contributed by atoms with Crippen LogP contribution < -0.4 is 10.4 Å². The number of carbonyl (C=O) groups is 1. The number of rotatable bonds is 3. The number of hydrogen-bond donors (Lipinski definition) is 1. The molecule has 0 aromatic carbocycles. The standard InChI is InChI=1S/C6H11NO2/c1-7-6(2-3-6)4-5(8)9/h7H,2-4H2,1H3,(H,8,9)/p-1. The minimum absolute atomic E-state index is 0.0984. The van der Waals surface area contributed by atoms with Gasteiger partial charge in [-0.05, 0) is 19.9 Å². The van der Waals surface area contributed by atoms with E-state index < -0.39 is 5.97 Å². The van der Waals surface area contributed by atoms with Crippen LogP contribution >= 0.6 is 0 Å². The lowest BCUT2D eigenvalue weighted by atomic mass is 10.2. The molecule has 0 bridgehead atoms. The van der Waals surface area contributed by atoms with E-state index in [9.17, 15) is 9.90 Å². The topological polar surface area (TPSA) is 52.2 Å². The third-order valence-electron chi connectivity index (χ3n) is 1.87. The summed E-state index contributed by atoms with van der Waals surface area (Å²) in [7, 11) is 1.79. The number of nitrogens with one attached hydrogen (secondary N) is 1. The van der Waals surface area contributed by atoms with Crippen molar-refractivity contribution < 1.29 is 9.90 Å². The number of carboxylic acids is 1. The number of carboxylic acid groups (broad SMARTS) is 1. The largest absolute Gasteiger partial charge is 0.550 e. The average molecular weight is 128 g/mol. The number of carbonyl (C=O) groups excluding carboxylic acids is 1. The Kier molecular flexibility index (Phi) is 1.45. The summed E-state index contributed by atoms with van der Waals surface area (Å²) in [6, 6.07) is 0. The summed E-state index contributed by atoms with van der Waals surface area (Å²) >= 11 is 0. The van der Waals surface area contributed by atoms with Crippen LogP contribution in [-0.4, -0.2) is 18.6 Å². The summed E-state index contributed by atoms with van der Waals surface area (Å²) in [4.78, 5) is 10.1. The van der Waals surface area contributed by atoms with Gasteiger partial charge in [-0.1, -0.05) is 0 Å². The van der Waals surface area contributed by atoms with E-state index in [-0.39, 0.29) is 12.0 Å². The van der Waals surface area contributed by atoms with Crippen molar-refractivity contribution in [2.45, 2.75) is 24.8 Å². The molecule has 1 fully saturated rings. The predicted octanol–water partition coefficient (Wildman–Crippen LogP) is -1.12. The molecule has 0 aromatic rings. The van der Waals surface area contributed by atoms with E-state index in [1.165, 1.54) is 0 Å². The zero-order valence-electron chi connectivity index (χ0n) is 5.44. The van der Waals surface area contributed by atoms with Crippen molar-refractivity contribution in [2.24, 2.45) is 0 Å². The second-order valence-electron chi connectivity index (χ2n) is 2.58. The third kappa shape index (κ3) is 1.42. The highest BCUT2D eigenvalue weighted by Gasteiger charge is 2.40. The van der Waals surface area contributed by atoms with Gasteiger partial charge in [0.1, 0.15) is 0 Å². The van der Waals surface area contributed by atoms with Crippen LogP contribution in [0.5, 0.6) is 0 Å². The quantitative estimate of drug-likeness (QED) is 0.523. The van der Waals surface area contributed by atoms with Crippen molar-refractivity contribution in [3.63, 3.8) is 0 Å². The second kappa shape index (κ2) is 1.99. The van der Waals surface area contributed by atoms with Gasteiger partial charge in [0, 0.05) is 17.9 Å². The lowest BCUT2D eigenvalue weighted by Gasteiger charge is -2.13. The summed E-state index contributed by atoms with van der Waals surface area (Å²) in [6.07, 6.45) is 2.10. The Hall–Kier alpha value is -0.570. The lowest BCUT2D eigenvalue weighted by Crippen LogP contribution is -2.35. The molecule has 52 valence electrons. The van der Waals surface area contributed by atoms with Gasteiger partial charge in [0.2, 0.25) is 0 Å². The molecular formula is C6H10NO2-. The van der Waals surface area contributed by atoms with Crippen LogP contribution in [0.4, 0.5) is 0 Å². The van der Waals surface area contributed by atoms with Gasteiger partial charge >= 0.3 is 0 Å². The maximum absolute atomic E-state index is 10.1. The van der Waals surface area contributed by atoms with E-state index in [1.54, 1.807) is 7.05 Å². The number of aliphatic carboxylic acids is 1. The Bertz CT molecular complexity index is 129. The molecular weight excluding hydrogens is 118 g/mol. The highest BCUT2D eigenvalue weighted by atomic mass is 16.4. The Labute approximate surface area is 54.1 Å². The molecule has 0 unspecified atom stereocenters. The molecule has 9 heavy (non-hydrogen) atoms. The summed E-state index contributed by atoms with van der Waals surface area (Å²) in [5.41, 5.74) is -0.0984. The molecule has 0 radical (unpaired) electrons. The summed E-state index contributed by atoms with van der Waals surface area (Å²) in [6.45, 7) is 0. The highest BCUT2D eigenvalue weighted by molar-refractivity contribution is 5.66. The molecule has 3 nitrogen and oxygen atoms in total. The predicted molar refractivity (Wildman–Crippen MR) is 30.6 cm³/mol.